The molecule has 0 radical (unpaired) electrons. The number of sulfonamides is 1. The van der Waals surface area contributed by atoms with Gasteiger partial charge in [0.2, 0.25) is 0 Å². The van der Waals surface area contributed by atoms with E-state index in [2.05, 4.69) is 10.0 Å². The summed E-state index contributed by atoms with van der Waals surface area (Å²) in [5.74, 6) is -0.462. The smallest absolute Gasteiger partial charge is 0.322 e. The molecule has 0 unspecified atom stereocenters. The number of carbonyl (C=O) groups is 1. The predicted molar refractivity (Wildman–Crippen MR) is 148 cm³/mol. The van der Waals surface area contributed by atoms with Crippen molar-refractivity contribution in [1.82, 2.24) is 0 Å². The third-order valence-corrected chi connectivity index (χ3v) is 7.55. The lowest BCUT2D eigenvalue weighted by Gasteiger charge is -2.13. The standard InChI is InChI=1S/C28H19Cl2F3N2O3S/c29-25-9-5-4-8-19(25)16-23(18-6-2-1-3-7-18)27(36)34-20-10-13-22(14-11-20)39(37,38)35-21-12-15-26(30)24(17-21)28(31,32)33/h1-17,35H,(H,34,36)/b23-16+. The number of anilines is 2. The van der Waals surface area contributed by atoms with Gasteiger partial charge in [0.25, 0.3) is 15.9 Å². The molecule has 0 spiro atoms. The van der Waals surface area contributed by atoms with Gasteiger partial charge in [-0.05, 0) is 65.7 Å². The van der Waals surface area contributed by atoms with E-state index in [0.717, 1.165) is 12.1 Å². The van der Waals surface area contributed by atoms with Crippen molar-refractivity contribution in [2.45, 2.75) is 11.1 Å². The van der Waals surface area contributed by atoms with Crippen LogP contribution in [0.25, 0.3) is 11.6 Å². The number of nitrogens with one attached hydrogen (secondary N) is 2. The van der Waals surface area contributed by atoms with E-state index in [1.165, 1.54) is 24.3 Å². The number of halogens is 5. The van der Waals surface area contributed by atoms with Gasteiger partial charge < -0.3 is 5.32 Å². The largest absolute Gasteiger partial charge is 0.417 e. The summed E-state index contributed by atoms with van der Waals surface area (Å²) < 4.78 is 67.1. The molecule has 0 heterocycles. The highest BCUT2D eigenvalue weighted by atomic mass is 35.5. The summed E-state index contributed by atoms with van der Waals surface area (Å²) in [6.07, 6.45) is -3.10. The SMILES string of the molecule is O=C(Nc1ccc(S(=O)(=O)Nc2ccc(Cl)c(C(F)(F)F)c2)cc1)/C(=C/c1ccccc1Cl)c1ccccc1. The maximum Gasteiger partial charge on any atom is 0.417 e. The van der Waals surface area contributed by atoms with Crippen LogP contribution in [0.2, 0.25) is 10.0 Å². The van der Waals surface area contributed by atoms with Crippen molar-refractivity contribution in [3.63, 3.8) is 0 Å². The quantitative estimate of drug-likeness (QED) is 0.169. The monoisotopic (exact) mass is 590 g/mol. The normalized spacial score (nSPS) is 12.2. The molecule has 200 valence electrons. The second-order valence-electron chi connectivity index (χ2n) is 8.22. The lowest BCUT2D eigenvalue weighted by Crippen LogP contribution is -2.15. The van der Waals surface area contributed by atoms with Crippen LogP contribution in [0.5, 0.6) is 0 Å². The summed E-state index contributed by atoms with van der Waals surface area (Å²) in [6, 6.07) is 23.8. The summed E-state index contributed by atoms with van der Waals surface area (Å²) in [4.78, 5) is 13.0. The van der Waals surface area contributed by atoms with Crippen molar-refractivity contribution in [2.75, 3.05) is 10.0 Å². The van der Waals surface area contributed by atoms with Crippen LogP contribution in [0.4, 0.5) is 24.5 Å². The van der Waals surface area contributed by atoms with Gasteiger partial charge in [-0.1, -0.05) is 71.7 Å². The van der Waals surface area contributed by atoms with Crippen LogP contribution in [0.15, 0.2) is 102 Å². The van der Waals surface area contributed by atoms with E-state index in [0.29, 0.717) is 33.5 Å². The van der Waals surface area contributed by atoms with Crippen molar-refractivity contribution < 1.29 is 26.4 Å². The Morgan fingerprint density at radius 2 is 1.38 bits per heavy atom. The molecule has 39 heavy (non-hydrogen) atoms. The number of hydrogen-bond donors (Lipinski definition) is 2. The number of hydrogen-bond acceptors (Lipinski definition) is 3. The van der Waals surface area contributed by atoms with Gasteiger partial charge in [0.1, 0.15) is 0 Å². The molecule has 1 amide bonds. The maximum atomic E-state index is 13.2. The highest BCUT2D eigenvalue weighted by molar-refractivity contribution is 7.92. The topological polar surface area (TPSA) is 75.3 Å². The number of amides is 1. The Labute approximate surface area is 232 Å². The van der Waals surface area contributed by atoms with Gasteiger partial charge in [-0.3, -0.25) is 9.52 Å². The summed E-state index contributed by atoms with van der Waals surface area (Å²) >= 11 is 11.9. The van der Waals surface area contributed by atoms with Gasteiger partial charge in [-0.25, -0.2) is 8.42 Å². The Morgan fingerprint density at radius 1 is 0.769 bits per heavy atom. The number of alkyl halides is 3. The Morgan fingerprint density at radius 3 is 2.03 bits per heavy atom. The van der Waals surface area contributed by atoms with Crippen LogP contribution < -0.4 is 10.0 Å². The molecular weight excluding hydrogens is 572 g/mol. The third-order valence-electron chi connectivity index (χ3n) is 5.48. The number of rotatable bonds is 7. The van der Waals surface area contributed by atoms with E-state index in [1.807, 2.05) is 6.07 Å². The number of carbonyl (C=O) groups excluding carboxylic acids is 1. The number of benzene rings is 4. The molecule has 0 saturated heterocycles. The van der Waals surface area contributed by atoms with Crippen molar-refractivity contribution >= 4 is 62.2 Å². The lowest BCUT2D eigenvalue weighted by atomic mass is 10.0. The van der Waals surface area contributed by atoms with Crippen LogP contribution in [-0.2, 0) is 21.0 Å². The summed E-state index contributed by atoms with van der Waals surface area (Å²) in [5.41, 5.74) is 0.426. The predicted octanol–water partition coefficient (Wildman–Crippen LogP) is 7.99. The molecule has 4 rings (SSSR count). The zero-order valence-corrected chi connectivity index (χ0v) is 22.2. The summed E-state index contributed by atoms with van der Waals surface area (Å²) in [7, 11) is -4.24. The Hall–Kier alpha value is -3.79. The van der Waals surface area contributed by atoms with Gasteiger partial charge in [-0.15, -0.1) is 0 Å². The van der Waals surface area contributed by atoms with Gasteiger partial charge in [0.05, 0.1) is 15.5 Å². The van der Waals surface area contributed by atoms with Gasteiger partial charge in [0, 0.05) is 22.0 Å². The first-order chi connectivity index (χ1) is 18.4. The third kappa shape index (κ3) is 7.00. The average Bonchev–Trinajstić information content (AvgIpc) is 2.89. The van der Waals surface area contributed by atoms with E-state index in [1.54, 1.807) is 54.6 Å². The van der Waals surface area contributed by atoms with Crippen molar-refractivity contribution in [1.29, 1.82) is 0 Å². The molecule has 11 heteroatoms. The van der Waals surface area contributed by atoms with Crippen LogP contribution in [0.3, 0.4) is 0 Å². The first kappa shape index (κ1) is 28.2. The molecule has 0 atom stereocenters. The minimum atomic E-state index is -4.75. The van der Waals surface area contributed by atoms with Crippen LogP contribution in [0, 0.1) is 0 Å². The van der Waals surface area contributed by atoms with Crippen LogP contribution in [-0.4, -0.2) is 14.3 Å². The molecular formula is C28H19Cl2F3N2O3S. The van der Waals surface area contributed by atoms with E-state index in [9.17, 15) is 26.4 Å². The van der Waals surface area contributed by atoms with Gasteiger partial charge in [-0.2, -0.15) is 13.2 Å². The summed E-state index contributed by atoms with van der Waals surface area (Å²) in [6.45, 7) is 0. The Balaban J connectivity index is 1.56. The molecule has 5 nitrogen and oxygen atoms in total. The zero-order chi connectivity index (χ0) is 28.2. The van der Waals surface area contributed by atoms with E-state index < -0.39 is 32.7 Å². The Bertz CT molecular complexity index is 1640. The molecule has 4 aromatic carbocycles. The zero-order valence-electron chi connectivity index (χ0n) is 19.8. The van der Waals surface area contributed by atoms with Gasteiger partial charge >= 0.3 is 6.18 Å². The minimum Gasteiger partial charge on any atom is -0.322 e. The highest BCUT2D eigenvalue weighted by Gasteiger charge is 2.33. The van der Waals surface area contributed by atoms with Crippen LogP contribution >= 0.6 is 23.2 Å². The fourth-order valence-electron chi connectivity index (χ4n) is 3.58. The Kier molecular flexibility index (Phi) is 8.34. The lowest BCUT2D eigenvalue weighted by molar-refractivity contribution is -0.137. The first-order valence-corrected chi connectivity index (χ1v) is 13.5. The van der Waals surface area contributed by atoms with E-state index in [4.69, 9.17) is 23.2 Å². The van der Waals surface area contributed by atoms with Gasteiger partial charge in [0.15, 0.2) is 0 Å². The molecule has 0 aromatic heterocycles. The van der Waals surface area contributed by atoms with Crippen molar-refractivity contribution in [3.8, 4) is 0 Å². The molecule has 0 fully saturated rings. The van der Waals surface area contributed by atoms with E-state index >= 15 is 0 Å². The molecule has 0 aliphatic heterocycles. The average molecular weight is 591 g/mol. The van der Waals surface area contributed by atoms with E-state index in [-0.39, 0.29) is 10.6 Å². The van der Waals surface area contributed by atoms with Crippen LogP contribution in [0.1, 0.15) is 16.7 Å². The second kappa shape index (κ2) is 11.5. The fraction of sp³-hybridized carbons (Fsp3) is 0.0357. The fourth-order valence-corrected chi connectivity index (χ4v) is 5.05. The van der Waals surface area contributed by atoms with Crippen molar-refractivity contribution in [3.05, 3.63) is 124 Å². The molecule has 4 aromatic rings. The minimum absolute atomic E-state index is 0.223. The second-order valence-corrected chi connectivity index (χ2v) is 10.7. The summed E-state index contributed by atoms with van der Waals surface area (Å²) in [5, 5.41) is 2.64. The molecule has 0 aliphatic carbocycles. The van der Waals surface area contributed by atoms with Crippen molar-refractivity contribution in [2.24, 2.45) is 0 Å². The first-order valence-electron chi connectivity index (χ1n) is 11.3. The maximum absolute atomic E-state index is 13.2. The highest BCUT2D eigenvalue weighted by Crippen LogP contribution is 2.36. The molecule has 0 bridgehead atoms. The molecule has 0 saturated carbocycles. The molecule has 0 aliphatic rings. The molecule has 2 N–H and O–H groups in total.